The van der Waals surface area contributed by atoms with Gasteiger partial charge in [0.25, 0.3) is 0 Å². The van der Waals surface area contributed by atoms with Crippen molar-refractivity contribution in [2.24, 2.45) is 5.41 Å². The summed E-state index contributed by atoms with van der Waals surface area (Å²) < 4.78 is 0. The van der Waals surface area contributed by atoms with E-state index in [0.29, 0.717) is 6.42 Å². The molecule has 0 amide bonds. The summed E-state index contributed by atoms with van der Waals surface area (Å²) in [5, 5.41) is 9.06. The molecule has 0 atom stereocenters. The highest BCUT2D eigenvalue weighted by Crippen LogP contribution is 2.20. The van der Waals surface area contributed by atoms with Crippen LogP contribution in [0.5, 0.6) is 0 Å². The topological polar surface area (TPSA) is 40.5 Å². The molecule has 3 nitrogen and oxygen atoms in total. The molecule has 0 saturated heterocycles. The number of aryl methyl sites for hydroxylation is 1. The number of nitrogens with zero attached hydrogens (tertiary/aromatic N) is 1. The highest BCUT2D eigenvalue weighted by atomic mass is 16.4. The molecule has 100 valence electrons. The highest BCUT2D eigenvalue weighted by molar-refractivity contribution is 5.73. The van der Waals surface area contributed by atoms with Crippen molar-refractivity contribution in [3.8, 4) is 0 Å². The molecule has 3 heteroatoms. The Labute approximate surface area is 109 Å². The zero-order valence-electron chi connectivity index (χ0n) is 11.7. The first-order valence-electron chi connectivity index (χ1n) is 6.29. The summed E-state index contributed by atoms with van der Waals surface area (Å²) in [6.07, 6.45) is 0.657. The SMILES string of the molecule is Cc1ccc(CN(C)CCC(C)(C)C(=O)O)cc1. The van der Waals surface area contributed by atoms with E-state index in [1.165, 1.54) is 11.1 Å². The minimum atomic E-state index is -0.730. The quantitative estimate of drug-likeness (QED) is 0.842. The van der Waals surface area contributed by atoms with Gasteiger partial charge in [0.15, 0.2) is 0 Å². The maximum Gasteiger partial charge on any atom is 0.309 e. The van der Waals surface area contributed by atoms with Crippen molar-refractivity contribution in [2.75, 3.05) is 13.6 Å². The first kappa shape index (κ1) is 14.7. The van der Waals surface area contributed by atoms with E-state index in [1.54, 1.807) is 13.8 Å². The number of carbonyl (C=O) groups is 1. The Morgan fingerprint density at radius 1 is 1.28 bits per heavy atom. The second-order valence-corrected chi connectivity index (χ2v) is 5.66. The molecular formula is C15H23NO2. The zero-order valence-corrected chi connectivity index (χ0v) is 11.7. The van der Waals surface area contributed by atoms with Gasteiger partial charge in [-0.25, -0.2) is 0 Å². The summed E-state index contributed by atoms with van der Waals surface area (Å²) in [5.74, 6) is -0.730. The minimum absolute atomic E-state index is 0.651. The van der Waals surface area contributed by atoms with E-state index in [9.17, 15) is 4.79 Å². The van der Waals surface area contributed by atoms with Crippen LogP contribution in [0.4, 0.5) is 0 Å². The van der Waals surface area contributed by atoms with Crippen LogP contribution in [-0.4, -0.2) is 29.6 Å². The van der Waals surface area contributed by atoms with E-state index in [1.807, 2.05) is 7.05 Å². The predicted octanol–water partition coefficient (Wildman–Crippen LogP) is 2.93. The van der Waals surface area contributed by atoms with Crippen LogP contribution < -0.4 is 0 Å². The van der Waals surface area contributed by atoms with E-state index in [2.05, 4.69) is 36.1 Å². The van der Waals surface area contributed by atoms with Crippen LogP contribution in [0.2, 0.25) is 0 Å². The summed E-state index contributed by atoms with van der Waals surface area (Å²) >= 11 is 0. The molecule has 0 aromatic heterocycles. The fraction of sp³-hybridized carbons (Fsp3) is 0.533. The molecule has 1 rings (SSSR count). The summed E-state index contributed by atoms with van der Waals surface area (Å²) in [7, 11) is 2.03. The van der Waals surface area contributed by atoms with Crippen molar-refractivity contribution < 1.29 is 9.90 Å². The predicted molar refractivity (Wildman–Crippen MR) is 73.5 cm³/mol. The summed E-state index contributed by atoms with van der Waals surface area (Å²) in [4.78, 5) is 13.2. The second kappa shape index (κ2) is 6.01. The molecule has 0 unspecified atom stereocenters. The largest absolute Gasteiger partial charge is 0.481 e. The third kappa shape index (κ3) is 4.49. The van der Waals surface area contributed by atoms with Gasteiger partial charge in [-0.2, -0.15) is 0 Å². The fourth-order valence-electron chi connectivity index (χ4n) is 1.66. The molecule has 0 radical (unpaired) electrons. The van der Waals surface area contributed by atoms with Gasteiger partial charge in [0.05, 0.1) is 5.41 Å². The van der Waals surface area contributed by atoms with Crippen LogP contribution in [0.25, 0.3) is 0 Å². The maximum absolute atomic E-state index is 11.0. The third-order valence-electron chi connectivity index (χ3n) is 3.27. The molecule has 1 N–H and O–H groups in total. The van der Waals surface area contributed by atoms with Crippen LogP contribution >= 0.6 is 0 Å². The highest BCUT2D eigenvalue weighted by Gasteiger charge is 2.26. The van der Waals surface area contributed by atoms with Gasteiger partial charge in [0.1, 0.15) is 0 Å². The lowest BCUT2D eigenvalue weighted by atomic mass is 9.89. The Hall–Kier alpha value is -1.35. The Morgan fingerprint density at radius 3 is 2.33 bits per heavy atom. The first-order chi connectivity index (χ1) is 8.31. The normalized spacial score (nSPS) is 11.8. The molecule has 0 aliphatic carbocycles. The number of hydrogen-bond acceptors (Lipinski definition) is 2. The number of rotatable bonds is 6. The lowest BCUT2D eigenvalue weighted by Gasteiger charge is -2.23. The van der Waals surface area contributed by atoms with Crippen molar-refractivity contribution in [1.29, 1.82) is 0 Å². The van der Waals surface area contributed by atoms with Crippen molar-refractivity contribution >= 4 is 5.97 Å². The molecule has 0 spiro atoms. The molecule has 1 aromatic rings. The number of hydrogen-bond donors (Lipinski definition) is 1. The fourth-order valence-corrected chi connectivity index (χ4v) is 1.66. The van der Waals surface area contributed by atoms with Gasteiger partial charge in [-0.3, -0.25) is 4.79 Å². The summed E-state index contributed by atoms with van der Waals surface area (Å²) in [5.41, 5.74) is 1.87. The first-order valence-corrected chi connectivity index (χ1v) is 6.29. The van der Waals surface area contributed by atoms with Gasteiger partial charge < -0.3 is 10.0 Å². The second-order valence-electron chi connectivity index (χ2n) is 5.66. The lowest BCUT2D eigenvalue weighted by Crippen LogP contribution is -2.29. The lowest BCUT2D eigenvalue weighted by molar-refractivity contribution is -0.147. The van der Waals surface area contributed by atoms with Gasteiger partial charge in [-0.15, -0.1) is 0 Å². The average Bonchev–Trinajstić information content (AvgIpc) is 2.29. The van der Waals surface area contributed by atoms with Crippen molar-refractivity contribution in [3.63, 3.8) is 0 Å². The smallest absolute Gasteiger partial charge is 0.309 e. The van der Waals surface area contributed by atoms with Gasteiger partial charge in [-0.1, -0.05) is 29.8 Å². The zero-order chi connectivity index (χ0) is 13.8. The van der Waals surface area contributed by atoms with Crippen molar-refractivity contribution in [2.45, 2.75) is 33.7 Å². The van der Waals surface area contributed by atoms with E-state index in [-0.39, 0.29) is 0 Å². The number of carboxylic acid groups (broad SMARTS) is 1. The summed E-state index contributed by atoms with van der Waals surface area (Å²) in [6, 6.07) is 8.44. The Kier molecular flexibility index (Phi) is 4.91. The van der Waals surface area contributed by atoms with Crippen LogP contribution in [0.3, 0.4) is 0 Å². The van der Waals surface area contributed by atoms with Crippen LogP contribution in [0.1, 0.15) is 31.4 Å². The van der Waals surface area contributed by atoms with Gasteiger partial charge in [0.2, 0.25) is 0 Å². The molecule has 18 heavy (non-hydrogen) atoms. The third-order valence-corrected chi connectivity index (χ3v) is 3.27. The number of carboxylic acids is 1. The standard InChI is InChI=1S/C15H23NO2/c1-12-5-7-13(8-6-12)11-16(4)10-9-15(2,3)14(17)18/h5-8H,9-11H2,1-4H3,(H,17,18). The Bertz CT molecular complexity index is 395. The monoisotopic (exact) mass is 249 g/mol. The maximum atomic E-state index is 11.0. The minimum Gasteiger partial charge on any atom is -0.481 e. The molecule has 0 bridgehead atoms. The molecule has 0 heterocycles. The van der Waals surface area contributed by atoms with E-state index in [4.69, 9.17) is 5.11 Å². The average molecular weight is 249 g/mol. The molecular weight excluding hydrogens is 226 g/mol. The van der Waals surface area contributed by atoms with Crippen molar-refractivity contribution in [3.05, 3.63) is 35.4 Å². The van der Waals surface area contributed by atoms with Crippen molar-refractivity contribution in [1.82, 2.24) is 4.90 Å². The van der Waals surface area contributed by atoms with Crippen LogP contribution in [0, 0.1) is 12.3 Å². The molecule has 1 aromatic carbocycles. The Balaban J connectivity index is 2.45. The van der Waals surface area contributed by atoms with Crippen LogP contribution in [-0.2, 0) is 11.3 Å². The van der Waals surface area contributed by atoms with E-state index in [0.717, 1.165) is 13.1 Å². The Morgan fingerprint density at radius 2 is 1.83 bits per heavy atom. The molecule has 0 aliphatic heterocycles. The van der Waals surface area contributed by atoms with Gasteiger partial charge in [-0.05, 0) is 46.3 Å². The van der Waals surface area contributed by atoms with E-state index < -0.39 is 11.4 Å². The van der Waals surface area contributed by atoms with E-state index >= 15 is 0 Å². The van der Waals surface area contributed by atoms with Gasteiger partial charge >= 0.3 is 5.97 Å². The molecule has 0 saturated carbocycles. The van der Waals surface area contributed by atoms with Gasteiger partial charge in [0, 0.05) is 6.54 Å². The summed E-state index contributed by atoms with van der Waals surface area (Å²) in [6.45, 7) is 7.26. The number of benzene rings is 1. The molecule has 0 fully saturated rings. The number of aliphatic carboxylic acids is 1. The molecule has 0 aliphatic rings. The van der Waals surface area contributed by atoms with Crippen LogP contribution in [0.15, 0.2) is 24.3 Å².